The van der Waals surface area contributed by atoms with Crippen molar-refractivity contribution in [2.24, 2.45) is 0 Å². The second-order valence-corrected chi connectivity index (χ2v) is 9.37. The van der Waals surface area contributed by atoms with Crippen LogP contribution in [0.4, 0.5) is 23.4 Å². The Morgan fingerprint density at radius 3 is 2.74 bits per heavy atom. The van der Waals surface area contributed by atoms with Crippen molar-refractivity contribution in [2.75, 3.05) is 48.4 Å². The van der Waals surface area contributed by atoms with Crippen LogP contribution < -0.4 is 20.9 Å². The standard InChI is InChI=1S/C27H28N8O4/c1-16-20-13-18(7-8-19(20)24(37)29-16)30-26-28-14-21(25-33-27(34-39-25)35-9-11-38-12-10-35)23(32-26)31-22(15-36)17-5-3-2-4-6-17/h2-8,13-14,16,22,36H,9-12,15H2,1H3,(H,29,37)(H2,28,30,31,32)/t16?,22-/m1/s1. The number of aliphatic hydroxyl groups is 1. The van der Waals surface area contributed by atoms with Gasteiger partial charge >= 0.3 is 0 Å². The summed E-state index contributed by atoms with van der Waals surface area (Å²) in [6.07, 6.45) is 1.61. The van der Waals surface area contributed by atoms with E-state index in [2.05, 4.69) is 31.1 Å². The van der Waals surface area contributed by atoms with Crippen LogP contribution in [0.15, 0.2) is 59.3 Å². The summed E-state index contributed by atoms with van der Waals surface area (Å²) < 4.78 is 11.0. The maximum absolute atomic E-state index is 12.1. The van der Waals surface area contributed by atoms with Crippen molar-refractivity contribution in [3.05, 3.63) is 71.4 Å². The summed E-state index contributed by atoms with van der Waals surface area (Å²) in [7, 11) is 0. The average Bonchev–Trinajstić information content (AvgIpc) is 3.57. The van der Waals surface area contributed by atoms with Crippen molar-refractivity contribution in [3.8, 4) is 11.5 Å². The number of nitrogens with one attached hydrogen (secondary N) is 3. The monoisotopic (exact) mass is 528 g/mol. The van der Waals surface area contributed by atoms with Crippen molar-refractivity contribution in [3.63, 3.8) is 0 Å². The van der Waals surface area contributed by atoms with Gasteiger partial charge in [0.1, 0.15) is 11.4 Å². The van der Waals surface area contributed by atoms with Gasteiger partial charge in [-0.15, -0.1) is 0 Å². The van der Waals surface area contributed by atoms with Crippen molar-refractivity contribution in [1.29, 1.82) is 0 Å². The number of aliphatic hydroxyl groups excluding tert-OH is 1. The van der Waals surface area contributed by atoms with Gasteiger partial charge < -0.3 is 35.2 Å². The second-order valence-electron chi connectivity index (χ2n) is 9.37. The van der Waals surface area contributed by atoms with Crippen molar-refractivity contribution in [2.45, 2.75) is 19.0 Å². The highest BCUT2D eigenvalue weighted by Gasteiger charge is 2.26. The molecule has 0 aliphatic carbocycles. The maximum Gasteiger partial charge on any atom is 0.266 e. The first-order chi connectivity index (χ1) is 19.1. The lowest BCUT2D eigenvalue weighted by Crippen LogP contribution is -2.36. The van der Waals surface area contributed by atoms with Gasteiger partial charge in [0.15, 0.2) is 0 Å². The molecule has 4 N–H and O–H groups in total. The van der Waals surface area contributed by atoms with E-state index >= 15 is 0 Å². The molecule has 0 bridgehead atoms. The number of fused-ring (bicyclic) bond motifs is 1. The quantitative estimate of drug-likeness (QED) is 0.267. The Labute approximate surface area is 224 Å². The fraction of sp³-hybridized carbons (Fsp3) is 0.296. The lowest BCUT2D eigenvalue weighted by Gasteiger charge is -2.24. The normalized spacial score (nSPS) is 17.4. The van der Waals surface area contributed by atoms with Crippen LogP contribution in [0.5, 0.6) is 0 Å². The molecule has 0 radical (unpaired) electrons. The molecule has 12 heteroatoms. The number of nitrogens with zero attached hydrogens (tertiary/aromatic N) is 5. The molecule has 2 aliphatic heterocycles. The molecule has 1 amide bonds. The van der Waals surface area contributed by atoms with Gasteiger partial charge in [0.25, 0.3) is 17.7 Å². The van der Waals surface area contributed by atoms with E-state index in [0.717, 1.165) is 16.8 Å². The summed E-state index contributed by atoms with van der Waals surface area (Å²) in [5.41, 5.74) is 3.70. The molecule has 2 aromatic heterocycles. The zero-order valence-electron chi connectivity index (χ0n) is 21.3. The van der Waals surface area contributed by atoms with Crippen molar-refractivity contribution in [1.82, 2.24) is 25.4 Å². The molecule has 4 heterocycles. The number of morpholine rings is 1. The molecule has 0 spiro atoms. The fourth-order valence-electron chi connectivity index (χ4n) is 4.70. The third-order valence-electron chi connectivity index (χ3n) is 6.79. The highest BCUT2D eigenvalue weighted by atomic mass is 16.5. The largest absolute Gasteiger partial charge is 0.394 e. The van der Waals surface area contributed by atoms with Crippen LogP contribution in [0.25, 0.3) is 11.5 Å². The van der Waals surface area contributed by atoms with Crippen LogP contribution in [0.2, 0.25) is 0 Å². The lowest BCUT2D eigenvalue weighted by atomic mass is 10.1. The zero-order chi connectivity index (χ0) is 26.8. The van der Waals surface area contributed by atoms with E-state index in [1.165, 1.54) is 0 Å². The summed E-state index contributed by atoms with van der Waals surface area (Å²) in [6, 6.07) is 14.6. The Morgan fingerprint density at radius 2 is 1.95 bits per heavy atom. The van der Waals surface area contributed by atoms with E-state index in [4.69, 9.17) is 14.2 Å². The van der Waals surface area contributed by atoms with E-state index in [-0.39, 0.29) is 24.4 Å². The minimum Gasteiger partial charge on any atom is -0.394 e. The van der Waals surface area contributed by atoms with E-state index in [1.54, 1.807) is 12.3 Å². The number of hydrogen-bond acceptors (Lipinski definition) is 11. The first-order valence-electron chi connectivity index (χ1n) is 12.8. The molecule has 0 saturated carbocycles. The summed E-state index contributed by atoms with van der Waals surface area (Å²) in [6.45, 7) is 4.31. The first kappa shape index (κ1) is 24.8. The maximum atomic E-state index is 12.1. The summed E-state index contributed by atoms with van der Waals surface area (Å²) >= 11 is 0. The Morgan fingerprint density at radius 1 is 1.13 bits per heavy atom. The predicted octanol–water partition coefficient (Wildman–Crippen LogP) is 3.06. The fourth-order valence-corrected chi connectivity index (χ4v) is 4.70. The minimum atomic E-state index is -0.438. The van der Waals surface area contributed by atoms with E-state index in [9.17, 15) is 9.90 Å². The van der Waals surface area contributed by atoms with Gasteiger partial charge in [0.2, 0.25) is 5.95 Å². The predicted molar refractivity (Wildman–Crippen MR) is 144 cm³/mol. The van der Waals surface area contributed by atoms with Gasteiger partial charge in [-0.2, -0.15) is 9.97 Å². The molecule has 1 saturated heterocycles. The molecule has 39 heavy (non-hydrogen) atoms. The van der Waals surface area contributed by atoms with Gasteiger partial charge in [-0.05, 0) is 41.4 Å². The smallest absolute Gasteiger partial charge is 0.266 e. The topological polar surface area (TPSA) is 151 Å². The molecule has 200 valence electrons. The Balaban J connectivity index is 1.33. The van der Waals surface area contributed by atoms with E-state index in [1.807, 2.05) is 54.3 Å². The number of hydrogen-bond donors (Lipinski definition) is 4. The van der Waals surface area contributed by atoms with Gasteiger partial charge in [0, 0.05) is 30.5 Å². The van der Waals surface area contributed by atoms with Gasteiger partial charge in [-0.25, -0.2) is 4.98 Å². The number of amides is 1. The lowest BCUT2D eigenvalue weighted by molar-refractivity contribution is 0.0958. The molecule has 2 aromatic carbocycles. The van der Waals surface area contributed by atoms with E-state index in [0.29, 0.717) is 55.1 Å². The van der Waals surface area contributed by atoms with E-state index < -0.39 is 6.04 Å². The number of anilines is 4. The van der Waals surface area contributed by atoms with Crippen LogP contribution >= 0.6 is 0 Å². The van der Waals surface area contributed by atoms with Crippen LogP contribution in [0.1, 0.15) is 40.5 Å². The summed E-state index contributed by atoms with van der Waals surface area (Å²) in [5.74, 6) is 1.38. The number of carbonyl (C=O) groups excluding carboxylic acids is 1. The van der Waals surface area contributed by atoms with Gasteiger partial charge in [0.05, 0.1) is 31.9 Å². The molecule has 4 aromatic rings. The Hall–Kier alpha value is -4.55. The Kier molecular flexibility index (Phi) is 6.78. The molecule has 1 fully saturated rings. The molecular weight excluding hydrogens is 500 g/mol. The Bertz CT molecular complexity index is 1470. The SMILES string of the molecule is CC1NC(=O)c2ccc(Nc3ncc(-c4nc(N5CCOCC5)no4)c(N[C@H](CO)c4ccccc4)n3)cc21. The molecule has 6 rings (SSSR count). The van der Waals surface area contributed by atoms with Crippen molar-refractivity contribution < 1.29 is 19.2 Å². The molecule has 2 aliphatic rings. The molecule has 1 unspecified atom stereocenters. The number of ether oxygens (including phenoxy) is 1. The second kappa shape index (κ2) is 10.7. The molecular formula is C27H28N8O4. The number of aromatic nitrogens is 4. The number of rotatable bonds is 8. The zero-order valence-corrected chi connectivity index (χ0v) is 21.3. The number of carbonyl (C=O) groups is 1. The minimum absolute atomic E-state index is 0.0795. The van der Waals surface area contributed by atoms with Gasteiger partial charge in [-0.3, -0.25) is 4.79 Å². The summed E-state index contributed by atoms with van der Waals surface area (Å²) in [4.78, 5) is 27.9. The first-order valence-corrected chi connectivity index (χ1v) is 12.8. The highest BCUT2D eigenvalue weighted by Crippen LogP contribution is 2.32. The van der Waals surface area contributed by atoms with Crippen LogP contribution in [-0.2, 0) is 4.74 Å². The summed E-state index contributed by atoms with van der Waals surface area (Å²) in [5, 5.41) is 23.8. The van der Waals surface area contributed by atoms with Crippen molar-refractivity contribution >= 4 is 29.3 Å². The number of benzene rings is 2. The third kappa shape index (κ3) is 5.11. The van der Waals surface area contributed by atoms with Crippen LogP contribution in [-0.4, -0.2) is 64.0 Å². The molecule has 2 atom stereocenters. The molecule has 12 nitrogen and oxygen atoms in total. The third-order valence-corrected chi connectivity index (χ3v) is 6.79. The van der Waals surface area contributed by atoms with Crippen LogP contribution in [0.3, 0.4) is 0 Å². The highest BCUT2D eigenvalue weighted by molar-refractivity contribution is 5.99. The van der Waals surface area contributed by atoms with Gasteiger partial charge in [-0.1, -0.05) is 30.3 Å². The van der Waals surface area contributed by atoms with Crippen LogP contribution in [0, 0.1) is 0 Å². The average molecular weight is 529 g/mol.